The van der Waals surface area contributed by atoms with E-state index in [-0.39, 0.29) is 25.0 Å². The van der Waals surface area contributed by atoms with Crippen LogP contribution in [0.2, 0.25) is 0 Å². The van der Waals surface area contributed by atoms with Gasteiger partial charge in [-0.3, -0.25) is 4.79 Å². The van der Waals surface area contributed by atoms with Gasteiger partial charge in [-0.1, -0.05) is 74.9 Å². The van der Waals surface area contributed by atoms with Crippen molar-refractivity contribution in [3.63, 3.8) is 0 Å². The van der Waals surface area contributed by atoms with E-state index < -0.39 is 99.8 Å². The molecule has 2 aromatic rings. The van der Waals surface area contributed by atoms with Crippen molar-refractivity contribution in [1.29, 1.82) is 0 Å². The van der Waals surface area contributed by atoms with Crippen molar-refractivity contribution in [3.05, 3.63) is 83.4 Å². The molecule has 292 valence electrons. The predicted molar refractivity (Wildman–Crippen MR) is 193 cm³/mol. The summed E-state index contributed by atoms with van der Waals surface area (Å²) in [7, 11) is 0. The Morgan fingerprint density at radius 2 is 1.57 bits per heavy atom. The lowest BCUT2D eigenvalue weighted by Gasteiger charge is -2.66. The summed E-state index contributed by atoms with van der Waals surface area (Å²) in [5.41, 5.74) is -6.99. The van der Waals surface area contributed by atoms with Gasteiger partial charge in [0.15, 0.2) is 11.9 Å². The zero-order chi connectivity index (χ0) is 39.6. The van der Waals surface area contributed by atoms with Gasteiger partial charge >= 0.3 is 18.0 Å². The Bertz CT molecular complexity index is 1810. The quantitative estimate of drug-likeness (QED) is 0.204. The van der Waals surface area contributed by atoms with Crippen LogP contribution in [0, 0.1) is 22.7 Å². The van der Waals surface area contributed by atoms with E-state index in [9.17, 15) is 39.6 Å². The first-order chi connectivity index (χ1) is 25.1. The molecule has 0 aromatic heterocycles. The molecule has 2 saturated carbocycles. The van der Waals surface area contributed by atoms with Crippen LogP contribution < -0.4 is 5.32 Å². The van der Waals surface area contributed by atoms with Gasteiger partial charge in [0.1, 0.15) is 29.0 Å². The van der Waals surface area contributed by atoms with Crippen LogP contribution in [0.3, 0.4) is 0 Å². The lowest BCUT2D eigenvalue weighted by molar-refractivity contribution is -0.342. The fraction of sp³-hybridized carbons (Fsp3) is 0.561. The number of amides is 1. The highest BCUT2D eigenvalue weighted by Gasteiger charge is 2.75. The predicted octanol–water partition coefficient (Wildman–Crippen LogP) is 3.57. The number of hydrogen-bond acceptors (Lipinski definition) is 12. The Hall–Kier alpha value is -4.14. The number of allylic oxidation sites excluding steroid dienone is 1. The third-order valence-corrected chi connectivity index (χ3v) is 12.2. The molecule has 3 fully saturated rings. The number of carbonyl (C=O) groups excluding carboxylic acids is 4. The first-order valence-corrected chi connectivity index (χ1v) is 18.3. The molecule has 5 N–H and O–H groups in total. The molecule has 4 aliphatic rings. The standard InChI is InChI=1S/C41H51NO12/c1-22-25-18-27(43)39(7)28(44)19-29-40(49,21-51-29)32(39)33(53-34(46)24-16-12-9-13-17-24)41(50,38(25,5)6)20-26(22)52-35(47)31(45)30(23-14-10-8-11-15-23)42-36(48)54-37(2,3)4/h8-18,22,26,28-33,44-45,49-50H,19-21H2,1-7H3,(H,42,48)/b25-18-/t22-,26+,28+,29-,30+,31-,32+,33+,39-,40+,41-/m1/s1. The van der Waals surface area contributed by atoms with Gasteiger partial charge < -0.3 is 44.7 Å². The molecule has 13 heteroatoms. The van der Waals surface area contributed by atoms with Crippen LogP contribution in [0.15, 0.2) is 72.3 Å². The van der Waals surface area contributed by atoms with Crippen molar-refractivity contribution >= 4 is 23.8 Å². The fourth-order valence-corrected chi connectivity index (χ4v) is 8.98. The molecule has 0 spiro atoms. The molecule has 2 bridgehead atoms. The Labute approximate surface area is 314 Å². The fourth-order valence-electron chi connectivity index (χ4n) is 8.98. The molecule has 6 rings (SSSR count). The molecule has 11 atom stereocenters. The van der Waals surface area contributed by atoms with E-state index in [0.29, 0.717) is 11.1 Å². The number of benzene rings is 2. The molecule has 0 unspecified atom stereocenters. The molecular formula is C41H51NO12. The van der Waals surface area contributed by atoms with Crippen molar-refractivity contribution in [2.75, 3.05) is 6.61 Å². The minimum atomic E-state index is -2.14. The number of aliphatic hydroxyl groups excluding tert-OH is 2. The molecule has 1 saturated heterocycles. The molecule has 2 aromatic carbocycles. The van der Waals surface area contributed by atoms with E-state index in [0.717, 1.165) is 0 Å². The zero-order valence-corrected chi connectivity index (χ0v) is 31.6. The summed E-state index contributed by atoms with van der Waals surface area (Å²) in [5.74, 6) is -4.64. The van der Waals surface area contributed by atoms with Gasteiger partial charge in [0, 0.05) is 30.1 Å². The number of hydrogen-bond donors (Lipinski definition) is 5. The topological polar surface area (TPSA) is 198 Å². The van der Waals surface area contributed by atoms with E-state index in [1.54, 1.807) is 90.1 Å². The number of fused-ring (bicyclic) bond motifs is 5. The van der Waals surface area contributed by atoms with E-state index in [1.807, 2.05) is 0 Å². The summed E-state index contributed by atoms with van der Waals surface area (Å²) < 4.78 is 23.3. The highest BCUT2D eigenvalue weighted by molar-refractivity contribution is 5.97. The van der Waals surface area contributed by atoms with Gasteiger partial charge in [-0.25, -0.2) is 14.4 Å². The first-order valence-electron chi connectivity index (χ1n) is 18.3. The number of ether oxygens (including phenoxy) is 4. The normalized spacial score (nSPS) is 36.2. The van der Waals surface area contributed by atoms with Gasteiger partial charge in [-0.2, -0.15) is 0 Å². The van der Waals surface area contributed by atoms with Gasteiger partial charge in [0.25, 0.3) is 0 Å². The zero-order valence-electron chi connectivity index (χ0n) is 31.6. The highest BCUT2D eigenvalue weighted by atomic mass is 16.6. The van der Waals surface area contributed by atoms with E-state index in [2.05, 4.69) is 5.32 Å². The second-order valence-corrected chi connectivity index (χ2v) is 17.0. The largest absolute Gasteiger partial charge is 0.460 e. The summed E-state index contributed by atoms with van der Waals surface area (Å²) in [6.45, 7) is 11.4. The van der Waals surface area contributed by atoms with Crippen molar-refractivity contribution < 1.29 is 58.6 Å². The molecule has 1 aliphatic heterocycles. The molecule has 13 nitrogen and oxygen atoms in total. The van der Waals surface area contributed by atoms with Crippen LogP contribution in [0.4, 0.5) is 4.79 Å². The Kier molecular flexibility index (Phi) is 10.2. The second kappa shape index (κ2) is 13.9. The van der Waals surface area contributed by atoms with Crippen molar-refractivity contribution in [2.45, 2.75) is 115 Å². The molecule has 1 amide bonds. The number of aliphatic hydroxyl groups is 4. The third-order valence-electron chi connectivity index (χ3n) is 12.2. The number of esters is 2. The van der Waals surface area contributed by atoms with Crippen LogP contribution >= 0.6 is 0 Å². The first kappa shape index (κ1) is 39.6. The average molecular weight is 750 g/mol. The number of rotatable bonds is 7. The van der Waals surface area contributed by atoms with E-state index in [1.165, 1.54) is 25.1 Å². The van der Waals surface area contributed by atoms with Crippen LogP contribution in [-0.4, -0.2) is 98.2 Å². The van der Waals surface area contributed by atoms with E-state index >= 15 is 0 Å². The number of ketones is 1. The molecular weight excluding hydrogens is 698 g/mol. The summed E-state index contributed by atoms with van der Waals surface area (Å²) >= 11 is 0. The molecule has 3 aliphatic carbocycles. The number of alkyl carbamates (subject to hydrolysis) is 1. The summed E-state index contributed by atoms with van der Waals surface area (Å²) in [6, 6.07) is 15.1. The number of carbonyl (C=O) groups is 4. The van der Waals surface area contributed by atoms with Gasteiger partial charge in [-0.05, 0) is 51.5 Å². The average Bonchev–Trinajstić information content (AvgIpc) is 3.11. The summed E-state index contributed by atoms with van der Waals surface area (Å²) in [5, 5.41) is 51.2. The maximum Gasteiger partial charge on any atom is 0.408 e. The smallest absolute Gasteiger partial charge is 0.408 e. The second-order valence-electron chi connectivity index (χ2n) is 17.0. The van der Waals surface area contributed by atoms with Crippen molar-refractivity contribution in [1.82, 2.24) is 5.32 Å². The lowest BCUT2D eigenvalue weighted by Crippen LogP contribution is -2.80. The van der Waals surface area contributed by atoms with Crippen LogP contribution in [-0.2, 0) is 28.5 Å². The molecule has 1 heterocycles. The van der Waals surface area contributed by atoms with Crippen molar-refractivity contribution in [2.24, 2.45) is 22.7 Å². The Morgan fingerprint density at radius 3 is 2.15 bits per heavy atom. The van der Waals surface area contributed by atoms with Crippen LogP contribution in [0.5, 0.6) is 0 Å². The SMILES string of the molecule is C[C@@H]1/C2=C/C(=O)[C@@]3(C)[C@H]([C@H](OC(=O)c4ccccc4)[C@](O)(C[C@@H]1OC(=O)[C@H](O)[C@@H](NC(=O)OC(C)(C)C)c1ccccc1)C2(C)C)[C@]1(O)CO[C@@H]1C[C@@H]3O. The van der Waals surface area contributed by atoms with Gasteiger partial charge in [-0.15, -0.1) is 0 Å². The minimum absolute atomic E-state index is 0.0623. The molecule has 54 heavy (non-hydrogen) atoms. The van der Waals surface area contributed by atoms with Gasteiger partial charge in [0.05, 0.1) is 35.8 Å². The minimum Gasteiger partial charge on any atom is -0.460 e. The lowest BCUT2D eigenvalue weighted by atomic mass is 9.45. The summed E-state index contributed by atoms with van der Waals surface area (Å²) in [4.78, 5) is 55.3. The van der Waals surface area contributed by atoms with Crippen LogP contribution in [0.25, 0.3) is 0 Å². The Balaban J connectivity index is 1.42. The maximum atomic E-state index is 14.6. The van der Waals surface area contributed by atoms with E-state index in [4.69, 9.17) is 18.9 Å². The van der Waals surface area contributed by atoms with Crippen molar-refractivity contribution in [3.8, 4) is 0 Å². The maximum absolute atomic E-state index is 14.6. The third kappa shape index (κ3) is 6.53. The van der Waals surface area contributed by atoms with Crippen LogP contribution in [0.1, 0.15) is 83.3 Å². The molecule has 0 radical (unpaired) electrons. The Morgan fingerprint density at radius 1 is 0.963 bits per heavy atom. The monoisotopic (exact) mass is 749 g/mol. The number of nitrogens with one attached hydrogen (secondary N) is 1. The summed E-state index contributed by atoms with van der Waals surface area (Å²) in [6.07, 6.45) is -7.02. The van der Waals surface area contributed by atoms with Gasteiger partial charge in [0.2, 0.25) is 0 Å². The highest BCUT2D eigenvalue weighted by Crippen LogP contribution is 2.63.